The van der Waals surface area contributed by atoms with Crippen LogP contribution in [0.4, 0.5) is 0 Å². The standard InChI is InChI=1S/C25H31N3O5S/c1-3-33-25(32)19-11-7-13-28(16-19)22(29)17-27(2)24(31)20(15-18-9-5-4-6-10-18)26-23(30)21-12-8-14-34-21/h4-6,8-10,12,14,19-20H,3,7,11,13,15-17H2,1-2H3,(H,26,30). The number of esters is 1. The molecule has 1 saturated heterocycles. The van der Waals surface area contributed by atoms with Gasteiger partial charge in [0.05, 0.1) is 23.9 Å². The van der Waals surface area contributed by atoms with E-state index < -0.39 is 6.04 Å². The molecule has 9 heteroatoms. The first kappa shape index (κ1) is 25.4. The summed E-state index contributed by atoms with van der Waals surface area (Å²) in [7, 11) is 1.56. The number of thiophene rings is 1. The van der Waals surface area contributed by atoms with Gasteiger partial charge in [-0.25, -0.2) is 0 Å². The molecule has 1 aromatic carbocycles. The van der Waals surface area contributed by atoms with E-state index in [1.54, 1.807) is 36.4 Å². The fourth-order valence-corrected chi connectivity index (χ4v) is 4.62. The monoisotopic (exact) mass is 485 g/mol. The van der Waals surface area contributed by atoms with E-state index in [0.717, 1.165) is 5.56 Å². The van der Waals surface area contributed by atoms with Crippen molar-refractivity contribution in [3.8, 4) is 0 Å². The lowest BCUT2D eigenvalue weighted by Gasteiger charge is -2.33. The topological polar surface area (TPSA) is 96.0 Å². The van der Waals surface area contributed by atoms with Crippen LogP contribution in [0.25, 0.3) is 0 Å². The predicted octanol–water partition coefficient (Wildman–Crippen LogP) is 2.35. The van der Waals surface area contributed by atoms with Crippen molar-refractivity contribution in [1.29, 1.82) is 0 Å². The molecular formula is C25H31N3O5S. The molecule has 0 bridgehead atoms. The van der Waals surface area contributed by atoms with Crippen LogP contribution < -0.4 is 5.32 Å². The highest BCUT2D eigenvalue weighted by Gasteiger charge is 2.31. The van der Waals surface area contributed by atoms with Gasteiger partial charge in [0, 0.05) is 26.6 Å². The van der Waals surface area contributed by atoms with Gasteiger partial charge in [-0.2, -0.15) is 0 Å². The van der Waals surface area contributed by atoms with Gasteiger partial charge in [-0.15, -0.1) is 11.3 Å². The summed E-state index contributed by atoms with van der Waals surface area (Å²) >= 11 is 1.30. The van der Waals surface area contributed by atoms with Crippen LogP contribution >= 0.6 is 11.3 Å². The quantitative estimate of drug-likeness (QED) is 0.550. The summed E-state index contributed by atoms with van der Waals surface area (Å²) in [5.74, 6) is -1.52. The maximum atomic E-state index is 13.3. The van der Waals surface area contributed by atoms with E-state index in [1.165, 1.54) is 16.2 Å². The van der Waals surface area contributed by atoms with Gasteiger partial charge >= 0.3 is 5.97 Å². The minimum Gasteiger partial charge on any atom is -0.466 e. The van der Waals surface area contributed by atoms with Gasteiger partial charge in [-0.3, -0.25) is 19.2 Å². The molecule has 1 aliphatic rings. The van der Waals surface area contributed by atoms with E-state index in [2.05, 4.69) is 5.32 Å². The van der Waals surface area contributed by atoms with Crippen LogP contribution in [0, 0.1) is 5.92 Å². The van der Waals surface area contributed by atoms with Gasteiger partial charge in [-0.1, -0.05) is 36.4 Å². The summed E-state index contributed by atoms with van der Waals surface area (Å²) in [6, 6.07) is 12.1. The minimum atomic E-state index is -0.816. The van der Waals surface area contributed by atoms with Gasteiger partial charge in [0.2, 0.25) is 11.8 Å². The van der Waals surface area contributed by atoms with Crippen LogP contribution in [-0.2, 0) is 25.5 Å². The van der Waals surface area contributed by atoms with Crippen molar-refractivity contribution >= 4 is 35.0 Å². The number of likely N-dealkylation sites (tertiary alicyclic amines) is 1. The number of carbonyl (C=O) groups excluding carboxylic acids is 4. The number of piperidine rings is 1. The Kier molecular flexibility index (Phi) is 9.21. The summed E-state index contributed by atoms with van der Waals surface area (Å²) in [4.78, 5) is 54.5. The lowest BCUT2D eigenvalue weighted by molar-refractivity contribution is -0.152. The molecule has 1 fully saturated rings. The number of likely N-dealkylation sites (N-methyl/N-ethyl adjacent to an activating group) is 1. The average molecular weight is 486 g/mol. The van der Waals surface area contributed by atoms with E-state index in [4.69, 9.17) is 4.74 Å². The maximum Gasteiger partial charge on any atom is 0.310 e. The number of nitrogens with one attached hydrogen (secondary N) is 1. The Morgan fingerprint density at radius 2 is 1.94 bits per heavy atom. The molecule has 182 valence electrons. The number of hydrogen-bond donors (Lipinski definition) is 1. The summed E-state index contributed by atoms with van der Waals surface area (Å²) in [5.41, 5.74) is 0.903. The fourth-order valence-electron chi connectivity index (χ4n) is 3.99. The first-order valence-corrected chi connectivity index (χ1v) is 12.3. The zero-order valence-corrected chi connectivity index (χ0v) is 20.4. The number of hydrogen-bond acceptors (Lipinski definition) is 6. The van der Waals surface area contributed by atoms with Crippen LogP contribution in [0.5, 0.6) is 0 Å². The van der Waals surface area contributed by atoms with Crippen LogP contribution in [-0.4, -0.2) is 72.8 Å². The minimum absolute atomic E-state index is 0.130. The van der Waals surface area contributed by atoms with Gasteiger partial charge in [-0.05, 0) is 36.8 Å². The third-order valence-corrected chi connectivity index (χ3v) is 6.64. The fraction of sp³-hybridized carbons (Fsp3) is 0.440. The first-order valence-electron chi connectivity index (χ1n) is 11.5. The third-order valence-electron chi connectivity index (χ3n) is 5.77. The number of amides is 3. The molecule has 2 heterocycles. The Bertz CT molecular complexity index is 980. The van der Waals surface area contributed by atoms with Gasteiger partial charge in [0.1, 0.15) is 6.04 Å². The average Bonchev–Trinajstić information content (AvgIpc) is 3.39. The molecule has 3 amide bonds. The van der Waals surface area contributed by atoms with Crippen molar-refractivity contribution < 1.29 is 23.9 Å². The molecule has 1 aliphatic heterocycles. The van der Waals surface area contributed by atoms with E-state index in [0.29, 0.717) is 43.8 Å². The molecule has 34 heavy (non-hydrogen) atoms. The maximum absolute atomic E-state index is 13.3. The Morgan fingerprint density at radius 3 is 2.62 bits per heavy atom. The van der Waals surface area contributed by atoms with Crippen LogP contribution in [0.2, 0.25) is 0 Å². The first-order chi connectivity index (χ1) is 16.4. The Balaban J connectivity index is 1.65. The molecule has 0 aliphatic carbocycles. The summed E-state index contributed by atoms with van der Waals surface area (Å²) in [6.07, 6.45) is 1.70. The highest BCUT2D eigenvalue weighted by atomic mass is 32.1. The van der Waals surface area contributed by atoms with Crippen molar-refractivity contribution in [1.82, 2.24) is 15.1 Å². The summed E-state index contributed by atoms with van der Waals surface area (Å²) in [5, 5.41) is 4.63. The lowest BCUT2D eigenvalue weighted by atomic mass is 9.98. The second-order valence-corrected chi connectivity index (χ2v) is 9.27. The lowest BCUT2D eigenvalue weighted by Crippen LogP contribution is -2.52. The van der Waals surface area contributed by atoms with E-state index >= 15 is 0 Å². The van der Waals surface area contributed by atoms with Crippen LogP contribution in [0.1, 0.15) is 35.0 Å². The summed E-state index contributed by atoms with van der Waals surface area (Å²) in [6.45, 7) is 2.77. The number of nitrogens with zero attached hydrogens (tertiary/aromatic N) is 2. The van der Waals surface area contributed by atoms with Crippen LogP contribution in [0.15, 0.2) is 47.8 Å². The Hall–Kier alpha value is -3.20. The number of ether oxygens (including phenoxy) is 1. The normalized spacial score (nSPS) is 16.4. The largest absolute Gasteiger partial charge is 0.466 e. The van der Waals surface area contributed by atoms with Gasteiger partial charge in [0.25, 0.3) is 5.91 Å². The molecule has 1 N–H and O–H groups in total. The predicted molar refractivity (Wildman–Crippen MR) is 129 cm³/mol. The number of benzene rings is 1. The van der Waals surface area contributed by atoms with Crippen molar-refractivity contribution in [3.63, 3.8) is 0 Å². The Morgan fingerprint density at radius 1 is 1.18 bits per heavy atom. The molecule has 0 radical (unpaired) electrons. The van der Waals surface area contributed by atoms with E-state index in [-0.39, 0.29) is 36.2 Å². The zero-order valence-electron chi connectivity index (χ0n) is 19.6. The molecule has 0 spiro atoms. The third kappa shape index (κ3) is 6.90. The molecular weight excluding hydrogens is 454 g/mol. The molecule has 1 aromatic heterocycles. The van der Waals surface area contributed by atoms with Crippen molar-refractivity contribution in [2.24, 2.45) is 5.92 Å². The van der Waals surface area contributed by atoms with Gasteiger partial charge in [0.15, 0.2) is 0 Å². The highest BCUT2D eigenvalue weighted by molar-refractivity contribution is 7.12. The van der Waals surface area contributed by atoms with Gasteiger partial charge < -0.3 is 19.9 Å². The zero-order chi connectivity index (χ0) is 24.5. The molecule has 2 unspecified atom stereocenters. The van der Waals surface area contributed by atoms with E-state index in [9.17, 15) is 19.2 Å². The molecule has 0 saturated carbocycles. The molecule has 2 atom stereocenters. The SMILES string of the molecule is CCOC(=O)C1CCCN(C(=O)CN(C)C(=O)C(Cc2ccccc2)NC(=O)c2cccs2)C1. The van der Waals surface area contributed by atoms with Crippen molar-refractivity contribution in [3.05, 3.63) is 58.3 Å². The summed E-state index contributed by atoms with van der Waals surface area (Å²) < 4.78 is 5.10. The second-order valence-electron chi connectivity index (χ2n) is 8.32. The molecule has 2 aromatic rings. The number of rotatable bonds is 9. The van der Waals surface area contributed by atoms with Crippen molar-refractivity contribution in [2.75, 3.05) is 33.3 Å². The molecule has 8 nitrogen and oxygen atoms in total. The van der Waals surface area contributed by atoms with Crippen molar-refractivity contribution in [2.45, 2.75) is 32.2 Å². The smallest absolute Gasteiger partial charge is 0.310 e. The molecule has 3 rings (SSSR count). The number of carbonyl (C=O) groups is 4. The Labute approximate surface area is 203 Å². The van der Waals surface area contributed by atoms with E-state index in [1.807, 2.05) is 30.3 Å². The highest BCUT2D eigenvalue weighted by Crippen LogP contribution is 2.18. The van der Waals surface area contributed by atoms with Crippen LogP contribution in [0.3, 0.4) is 0 Å². The second kappa shape index (κ2) is 12.3.